The molecule has 1 aromatic rings. The van der Waals surface area contributed by atoms with Crippen LogP contribution >= 0.6 is 11.8 Å². The fourth-order valence-corrected chi connectivity index (χ4v) is 3.32. The van der Waals surface area contributed by atoms with Gasteiger partial charge in [0.1, 0.15) is 5.82 Å². The Balaban J connectivity index is 1.75. The average molecular weight is 318 g/mol. The summed E-state index contributed by atoms with van der Waals surface area (Å²) in [6.07, 6.45) is 3.81. The summed E-state index contributed by atoms with van der Waals surface area (Å²) in [6.45, 7) is 2.64. The lowest BCUT2D eigenvalue weighted by molar-refractivity contribution is -0.115. The molecule has 6 nitrogen and oxygen atoms in total. The maximum atomic E-state index is 11.6. The van der Waals surface area contributed by atoms with Gasteiger partial charge in [-0.1, -0.05) is 6.07 Å². The van der Waals surface area contributed by atoms with E-state index in [1.54, 1.807) is 6.08 Å². The van der Waals surface area contributed by atoms with Crippen molar-refractivity contribution in [2.24, 2.45) is 11.7 Å². The second kappa shape index (κ2) is 6.50. The quantitative estimate of drug-likeness (QED) is 0.823. The molecular formula is C15H18N4O2S. The van der Waals surface area contributed by atoms with E-state index in [1.807, 2.05) is 18.2 Å². The van der Waals surface area contributed by atoms with Crippen molar-refractivity contribution in [2.75, 3.05) is 24.5 Å². The second-order valence-corrected chi connectivity index (χ2v) is 6.45. The fourth-order valence-electron chi connectivity index (χ4n) is 2.65. The van der Waals surface area contributed by atoms with Crippen LogP contribution in [-0.4, -0.2) is 35.8 Å². The first-order valence-corrected chi connectivity index (χ1v) is 8.14. The zero-order valence-electron chi connectivity index (χ0n) is 12.1. The minimum absolute atomic E-state index is 0.337. The topological polar surface area (TPSA) is 88.3 Å². The number of carbonyl (C=O) groups is 2. The summed E-state index contributed by atoms with van der Waals surface area (Å²) in [5, 5.41) is 1.91. The Kier molecular flexibility index (Phi) is 4.44. The molecule has 0 aromatic carbocycles. The SMILES string of the molecule is NCC1CCN(c2cccc(/C=C3\SC(=O)NC3=O)n2)CC1. The third-order valence-electron chi connectivity index (χ3n) is 3.95. The van der Waals surface area contributed by atoms with Gasteiger partial charge in [-0.15, -0.1) is 0 Å². The Morgan fingerprint density at radius 3 is 2.77 bits per heavy atom. The predicted octanol–water partition coefficient (Wildman–Crippen LogP) is 1.58. The highest BCUT2D eigenvalue weighted by Crippen LogP contribution is 2.26. The highest BCUT2D eigenvalue weighted by atomic mass is 32.2. The van der Waals surface area contributed by atoms with Gasteiger partial charge >= 0.3 is 0 Å². The number of thioether (sulfide) groups is 1. The summed E-state index contributed by atoms with van der Waals surface area (Å²) < 4.78 is 0. The van der Waals surface area contributed by atoms with Gasteiger partial charge in [-0.05, 0) is 55.3 Å². The monoisotopic (exact) mass is 318 g/mol. The summed E-state index contributed by atoms with van der Waals surface area (Å²) in [5.74, 6) is 1.15. The van der Waals surface area contributed by atoms with Crippen LogP contribution in [0.5, 0.6) is 0 Å². The summed E-state index contributed by atoms with van der Waals surface area (Å²) in [6, 6.07) is 5.72. The van der Waals surface area contributed by atoms with E-state index in [0.717, 1.165) is 50.1 Å². The van der Waals surface area contributed by atoms with E-state index in [-0.39, 0.29) is 11.1 Å². The molecule has 2 amide bonds. The van der Waals surface area contributed by atoms with Crippen LogP contribution in [0.2, 0.25) is 0 Å². The van der Waals surface area contributed by atoms with Crippen LogP contribution in [-0.2, 0) is 4.79 Å². The van der Waals surface area contributed by atoms with E-state index < -0.39 is 0 Å². The van der Waals surface area contributed by atoms with E-state index in [9.17, 15) is 9.59 Å². The van der Waals surface area contributed by atoms with E-state index in [1.165, 1.54) is 0 Å². The Morgan fingerprint density at radius 1 is 1.36 bits per heavy atom. The highest BCUT2D eigenvalue weighted by Gasteiger charge is 2.25. The molecule has 2 fully saturated rings. The zero-order valence-corrected chi connectivity index (χ0v) is 12.9. The largest absolute Gasteiger partial charge is 0.357 e. The van der Waals surface area contributed by atoms with Crippen molar-refractivity contribution in [1.82, 2.24) is 10.3 Å². The maximum Gasteiger partial charge on any atom is 0.290 e. The average Bonchev–Trinajstić information content (AvgIpc) is 2.85. The third kappa shape index (κ3) is 3.31. The van der Waals surface area contributed by atoms with Gasteiger partial charge in [0.25, 0.3) is 11.1 Å². The third-order valence-corrected chi connectivity index (χ3v) is 4.76. The van der Waals surface area contributed by atoms with E-state index >= 15 is 0 Å². The number of hydrogen-bond donors (Lipinski definition) is 2. The Morgan fingerprint density at radius 2 is 2.14 bits per heavy atom. The summed E-state index contributed by atoms with van der Waals surface area (Å²) >= 11 is 0.907. The Bertz CT molecular complexity index is 624. The van der Waals surface area contributed by atoms with Crippen LogP contribution in [0.3, 0.4) is 0 Å². The number of pyridine rings is 1. The number of aromatic nitrogens is 1. The minimum atomic E-state index is -0.356. The maximum absolute atomic E-state index is 11.6. The number of piperidine rings is 1. The van der Waals surface area contributed by atoms with Gasteiger partial charge in [-0.25, -0.2) is 4.98 Å². The molecule has 22 heavy (non-hydrogen) atoms. The lowest BCUT2D eigenvalue weighted by atomic mass is 9.97. The number of nitrogens with one attached hydrogen (secondary N) is 1. The van der Waals surface area contributed by atoms with Gasteiger partial charge < -0.3 is 10.6 Å². The molecule has 2 saturated heterocycles. The molecule has 0 saturated carbocycles. The summed E-state index contributed by atoms with van der Waals surface area (Å²) in [4.78, 5) is 30.0. The molecule has 3 N–H and O–H groups in total. The van der Waals surface area contributed by atoms with Crippen molar-refractivity contribution in [2.45, 2.75) is 12.8 Å². The van der Waals surface area contributed by atoms with Gasteiger partial charge in [0.05, 0.1) is 10.6 Å². The zero-order chi connectivity index (χ0) is 15.5. The number of imide groups is 1. The van der Waals surface area contributed by atoms with Crippen molar-refractivity contribution in [3.8, 4) is 0 Å². The van der Waals surface area contributed by atoms with Crippen molar-refractivity contribution in [3.05, 3.63) is 28.8 Å². The summed E-state index contributed by atoms with van der Waals surface area (Å²) in [7, 11) is 0. The Labute approximate surface area is 133 Å². The van der Waals surface area contributed by atoms with Crippen molar-refractivity contribution in [1.29, 1.82) is 0 Å². The molecule has 0 unspecified atom stereocenters. The van der Waals surface area contributed by atoms with Gasteiger partial charge in [0.15, 0.2) is 0 Å². The van der Waals surface area contributed by atoms with Crippen LogP contribution in [0.1, 0.15) is 18.5 Å². The second-order valence-electron chi connectivity index (χ2n) is 5.44. The lowest BCUT2D eigenvalue weighted by Crippen LogP contribution is -2.36. The van der Waals surface area contributed by atoms with Crippen LogP contribution in [0.15, 0.2) is 23.1 Å². The summed E-state index contributed by atoms with van der Waals surface area (Å²) in [5.41, 5.74) is 6.40. The normalized spacial score (nSPS) is 21.5. The van der Waals surface area contributed by atoms with Crippen molar-refractivity contribution >= 4 is 34.8 Å². The fraction of sp³-hybridized carbons (Fsp3) is 0.400. The number of anilines is 1. The molecule has 116 valence electrons. The minimum Gasteiger partial charge on any atom is -0.357 e. The number of carbonyl (C=O) groups excluding carboxylic acids is 2. The molecule has 0 radical (unpaired) electrons. The Hall–Kier alpha value is -1.86. The molecule has 7 heteroatoms. The molecular weight excluding hydrogens is 300 g/mol. The van der Waals surface area contributed by atoms with Crippen LogP contribution < -0.4 is 16.0 Å². The van der Waals surface area contributed by atoms with E-state index in [0.29, 0.717) is 16.5 Å². The van der Waals surface area contributed by atoms with Gasteiger partial charge in [0.2, 0.25) is 0 Å². The molecule has 0 aliphatic carbocycles. The van der Waals surface area contributed by atoms with Crippen molar-refractivity contribution < 1.29 is 9.59 Å². The van der Waals surface area contributed by atoms with Crippen LogP contribution in [0.25, 0.3) is 6.08 Å². The number of rotatable bonds is 3. The first-order chi connectivity index (χ1) is 10.7. The highest BCUT2D eigenvalue weighted by molar-refractivity contribution is 8.18. The van der Waals surface area contributed by atoms with Crippen molar-refractivity contribution in [3.63, 3.8) is 0 Å². The number of nitrogens with zero attached hydrogens (tertiary/aromatic N) is 2. The lowest BCUT2D eigenvalue weighted by Gasteiger charge is -2.32. The number of amides is 2. The van der Waals surface area contributed by atoms with Gasteiger partial charge in [0, 0.05) is 13.1 Å². The van der Waals surface area contributed by atoms with E-state index in [2.05, 4.69) is 15.2 Å². The molecule has 2 aliphatic heterocycles. The standard InChI is InChI=1S/C15H18N4O2S/c16-9-10-4-6-19(7-5-10)13-3-1-2-11(17-13)8-12-14(20)18-15(21)22-12/h1-3,8,10H,4-7,9,16H2,(H,18,20,21)/b12-8-. The molecule has 0 atom stereocenters. The first kappa shape index (κ1) is 15.1. The predicted molar refractivity (Wildman–Crippen MR) is 87.3 cm³/mol. The van der Waals surface area contributed by atoms with Gasteiger partial charge in [-0.2, -0.15) is 0 Å². The number of nitrogens with two attached hydrogens (primary N) is 1. The van der Waals surface area contributed by atoms with Crippen LogP contribution in [0.4, 0.5) is 10.6 Å². The number of hydrogen-bond acceptors (Lipinski definition) is 6. The molecule has 0 bridgehead atoms. The molecule has 0 spiro atoms. The molecule has 3 rings (SSSR count). The molecule has 1 aromatic heterocycles. The smallest absolute Gasteiger partial charge is 0.290 e. The molecule has 3 heterocycles. The molecule has 2 aliphatic rings. The van der Waals surface area contributed by atoms with Crippen LogP contribution in [0, 0.1) is 5.92 Å². The van der Waals surface area contributed by atoms with Gasteiger partial charge in [-0.3, -0.25) is 14.9 Å². The first-order valence-electron chi connectivity index (χ1n) is 7.32. The van der Waals surface area contributed by atoms with E-state index in [4.69, 9.17) is 5.73 Å².